The smallest absolute Gasteiger partial charge is 0.280 e. The van der Waals surface area contributed by atoms with Gasteiger partial charge in [0.2, 0.25) is 0 Å². The number of carbonyl (C=O) groups excluding carboxylic acids is 2. The van der Waals surface area contributed by atoms with Crippen LogP contribution in [-0.4, -0.2) is 24.5 Å². The minimum absolute atomic E-state index is 0.0178. The van der Waals surface area contributed by atoms with Crippen molar-refractivity contribution in [1.29, 1.82) is 0 Å². The van der Waals surface area contributed by atoms with Crippen LogP contribution >= 0.6 is 0 Å². The predicted molar refractivity (Wildman–Crippen MR) is 98.0 cm³/mol. The Balaban J connectivity index is 1.93. The van der Waals surface area contributed by atoms with Crippen LogP contribution in [0.3, 0.4) is 0 Å². The fraction of sp³-hybridized carbons (Fsp3) is 0.150. The highest BCUT2D eigenvalue weighted by molar-refractivity contribution is 6.32. The van der Waals surface area contributed by atoms with Crippen molar-refractivity contribution in [2.45, 2.75) is 13.8 Å². The van der Waals surface area contributed by atoms with Crippen molar-refractivity contribution in [3.05, 3.63) is 65.2 Å². The van der Waals surface area contributed by atoms with E-state index in [0.29, 0.717) is 28.3 Å². The number of nitrogens with zero attached hydrogens (tertiary/aromatic N) is 2. The van der Waals surface area contributed by atoms with Crippen LogP contribution in [0, 0.1) is 0 Å². The number of carbonyl (C=O) groups is 2. The molecule has 0 saturated carbocycles. The van der Waals surface area contributed by atoms with E-state index in [-0.39, 0.29) is 11.7 Å². The van der Waals surface area contributed by atoms with Gasteiger partial charge >= 0.3 is 0 Å². The number of benzene rings is 2. The van der Waals surface area contributed by atoms with E-state index in [2.05, 4.69) is 5.10 Å². The Kier molecular flexibility index (Phi) is 4.48. The summed E-state index contributed by atoms with van der Waals surface area (Å²) in [5, 5.41) is 5.70. The van der Waals surface area contributed by atoms with Gasteiger partial charge in [0.25, 0.3) is 5.91 Å². The molecular weight excluding hydrogens is 316 g/mol. The maximum absolute atomic E-state index is 12.8. The fourth-order valence-corrected chi connectivity index (χ4v) is 2.64. The standard InChI is InChI=1S/C20H18N2O3/c1-13-18(12-16-6-4-5-7-19(16)25-3)20(24)22(21-13)17-10-8-15(9-11-17)14(2)23/h4-12H,1-3H3/b18-12-. The Bertz CT molecular complexity index is 895. The number of anilines is 1. The molecule has 1 amide bonds. The molecule has 0 radical (unpaired) electrons. The molecule has 1 heterocycles. The lowest BCUT2D eigenvalue weighted by atomic mass is 10.1. The molecule has 5 nitrogen and oxygen atoms in total. The molecule has 0 atom stereocenters. The van der Waals surface area contributed by atoms with Gasteiger partial charge in [0.05, 0.1) is 24.1 Å². The average molecular weight is 334 g/mol. The van der Waals surface area contributed by atoms with Gasteiger partial charge in [-0.3, -0.25) is 9.59 Å². The van der Waals surface area contributed by atoms with E-state index < -0.39 is 0 Å². The molecule has 5 heteroatoms. The number of methoxy groups -OCH3 is 1. The van der Waals surface area contributed by atoms with Gasteiger partial charge in [0.15, 0.2) is 5.78 Å². The minimum Gasteiger partial charge on any atom is -0.496 e. The number of rotatable bonds is 4. The lowest BCUT2D eigenvalue weighted by Crippen LogP contribution is -2.21. The maximum Gasteiger partial charge on any atom is 0.280 e. The highest BCUT2D eigenvalue weighted by Gasteiger charge is 2.29. The van der Waals surface area contributed by atoms with Gasteiger partial charge < -0.3 is 4.74 Å². The van der Waals surface area contributed by atoms with Crippen LogP contribution in [0.2, 0.25) is 0 Å². The molecule has 0 spiro atoms. The van der Waals surface area contributed by atoms with Gasteiger partial charge in [-0.15, -0.1) is 0 Å². The molecule has 2 aromatic carbocycles. The van der Waals surface area contributed by atoms with Crippen LogP contribution < -0.4 is 9.75 Å². The van der Waals surface area contributed by atoms with Crippen molar-refractivity contribution in [3.63, 3.8) is 0 Å². The summed E-state index contributed by atoms with van der Waals surface area (Å²) in [6, 6.07) is 14.3. The van der Waals surface area contributed by atoms with Gasteiger partial charge in [-0.25, -0.2) is 0 Å². The van der Waals surface area contributed by atoms with Crippen LogP contribution in [0.4, 0.5) is 5.69 Å². The molecule has 0 fully saturated rings. The molecular formula is C20H18N2O3. The van der Waals surface area contributed by atoms with E-state index in [1.54, 1.807) is 44.4 Å². The summed E-state index contributed by atoms with van der Waals surface area (Å²) in [6.45, 7) is 3.30. The quantitative estimate of drug-likeness (QED) is 0.633. The Morgan fingerprint density at radius 1 is 1.12 bits per heavy atom. The lowest BCUT2D eigenvalue weighted by molar-refractivity contribution is -0.114. The first kappa shape index (κ1) is 16.6. The largest absolute Gasteiger partial charge is 0.496 e. The Morgan fingerprint density at radius 2 is 1.80 bits per heavy atom. The van der Waals surface area contributed by atoms with E-state index >= 15 is 0 Å². The Labute approximate surface area is 146 Å². The molecule has 0 aromatic heterocycles. The van der Waals surface area contributed by atoms with Crippen LogP contribution in [-0.2, 0) is 4.79 Å². The summed E-state index contributed by atoms with van der Waals surface area (Å²) in [5.74, 6) is 0.467. The maximum atomic E-state index is 12.8. The molecule has 0 N–H and O–H groups in total. The zero-order valence-electron chi connectivity index (χ0n) is 14.3. The van der Waals surface area contributed by atoms with Crippen LogP contribution in [0.1, 0.15) is 29.8 Å². The number of ketones is 1. The molecule has 2 aromatic rings. The second-order valence-corrected chi connectivity index (χ2v) is 5.71. The van der Waals surface area contributed by atoms with E-state index in [1.807, 2.05) is 24.3 Å². The topological polar surface area (TPSA) is 59.0 Å². The predicted octanol–water partition coefficient (Wildman–Crippen LogP) is 3.70. The highest BCUT2D eigenvalue weighted by Crippen LogP contribution is 2.27. The van der Waals surface area contributed by atoms with E-state index in [9.17, 15) is 9.59 Å². The SMILES string of the molecule is COc1ccccc1/C=C1\C(=O)N(c2ccc(C(C)=O)cc2)N=C1C. The number of amides is 1. The summed E-state index contributed by atoms with van der Waals surface area (Å²) >= 11 is 0. The summed E-state index contributed by atoms with van der Waals surface area (Å²) in [7, 11) is 1.59. The Hall–Kier alpha value is -3.21. The van der Waals surface area contributed by atoms with Crippen molar-refractivity contribution < 1.29 is 14.3 Å². The molecule has 3 rings (SSSR count). The van der Waals surface area contributed by atoms with Crippen molar-refractivity contribution in [2.75, 3.05) is 12.1 Å². The van der Waals surface area contributed by atoms with Gasteiger partial charge in [-0.2, -0.15) is 10.1 Å². The normalized spacial score (nSPS) is 15.5. The van der Waals surface area contributed by atoms with E-state index in [4.69, 9.17) is 4.74 Å². The minimum atomic E-state index is -0.209. The summed E-state index contributed by atoms with van der Waals surface area (Å²) in [5.41, 5.74) is 3.18. The summed E-state index contributed by atoms with van der Waals surface area (Å²) < 4.78 is 5.33. The monoisotopic (exact) mass is 334 g/mol. The van der Waals surface area contributed by atoms with Crippen molar-refractivity contribution >= 4 is 29.2 Å². The highest BCUT2D eigenvalue weighted by atomic mass is 16.5. The van der Waals surface area contributed by atoms with Crippen LogP contribution in [0.5, 0.6) is 5.75 Å². The molecule has 25 heavy (non-hydrogen) atoms. The third-order valence-corrected chi connectivity index (χ3v) is 4.02. The van der Waals surface area contributed by atoms with E-state index in [0.717, 1.165) is 5.56 Å². The number of Topliss-reactive ketones (excluding diaryl/α,β-unsaturated/α-hetero) is 1. The van der Waals surface area contributed by atoms with Gasteiger partial charge in [-0.1, -0.05) is 18.2 Å². The number of hydrogen-bond donors (Lipinski definition) is 0. The van der Waals surface area contributed by atoms with Crippen LogP contribution in [0.25, 0.3) is 6.08 Å². The molecule has 0 aliphatic carbocycles. The third kappa shape index (κ3) is 3.21. The molecule has 126 valence electrons. The first-order valence-electron chi connectivity index (χ1n) is 7.87. The first-order valence-corrected chi connectivity index (χ1v) is 7.87. The summed E-state index contributed by atoms with van der Waals surface area (Å²) in [6.07, 6.45) is 1.78. The van der Waals surface area contributed by atoms with Crippen LogP contribution in [0.15, 0.2) is 59.2 Å². The third-order valence-electron chi connectivity index (χ3n) is 4.02. The zero-order valence-corrected chi connectivity index (χ0v) is 14.3. The second-order valence-electron chi connectivity index (χ2n) is 5.71. The molecule has 0 saturated heterocycles. The van der Waals surface area contributed by atoms with Gasteiger partial charge in [-0.05, 0) is 50.3 Å². The Morgan fingerprint density at radius 3 is 2.44 bits per heavy atom. The van der Waals surface area contributed by atoms with Crippen molar-refractivity contribution in [2.24, 2.45) is 5.10 Å². The summed E-state index contributed by atoms with van der Waals surface area (Å²) in [4.78, 5) is 24.2. The number of hydrogen-bond acceptors (Lipinski definition) is 4. The molecule has 1 aliphatic heterocycles. The number of ether oxygens (including phenoxy) is 1. The van der Waals surface area contributed by atoms with Gasteiger partial charge in [0, 0.05) is 11.1 Å². The van der Waals surface area contributed by atoms with E-state index in [1.165, 1.54) is 11.9 Å². The average Bonchev–Trinajstić information content (AvgIpc) is 2.90. The van der Waals surface area contributed by atoms with Crippen molar-refractivity contribution in [3.8, 4) is 5.75 Å². The second kappa shape index (κ2) is 6.73. The van der Waals surface area contributed by atoms with Gasteiger partial charge in [0.1, 0.15) is 5.75 Å². The number of hydrazone groups is 1. The molecule has 0 bridgehead atoms. The number of para-hydroxylation sites is 1. The first-order chi connectivity index (χ1) is 12.0. The van der Waals surface area contributed by atoms with Crippen molar-refractivity contribution in [1.82, 2.24) is 0 Å². The zero-order chi connectivity index (χ0) is 18.0. The lowest BCUT2D eigenvalue weighted by Gasteiger charge is -2.12. The molecule has 1 aliphatic rings. The molecule has 0 unspecified atom stereocenters. The fourth-order valence-electron chi connectivity index (χ4n) is 2.64.